The zero-order chi connectivity index (χ0) is 14.9. The molecular weight excluding hydrogens is 330 g/mol. The number of alkyl carbamates (subject to hydrolysis) is 1. The van der Waals surface area contributed by atoms with E-state index in [0.717, 1.165) is 15.6 Å². The summed E-state index contributed by atoms with van der Waals surface area (Å²) in [5.74, 6) is 5.83. The van der Waals surface area contributed by atoms with Crippen LogP contribution in [0.2, 0.25) is 0 Å². The van der Waals surface area contributed by atoms with Gasteiger partial charge in [0.15, 0.2) is 0 Å². The fraction of sp³-hybridized carbons (Fsp3) is 0.118. The van der Waals surface area contributed by atoms with E-state index in [4.69, 9.17) is 4.74 Å². The second-order valence-electron chi connectivity index (χ2n) is 4.22. The number of halogens is 1. The molecule has 0 bridgehead atoms. The predicted octanol–water partition coefficient (Wildman–Crippen LogP) is 3.73. The lowest BCUT2D eigenvalue weighted by molar-refractivity contribution is 0.141. The molecule has 0 heterocycles. The van der Waals surface area contributed by atoms with Gasteiger partial charge < -0.3 is 10.1 Å². The van der Waals surface area contributed by atoms with Crippen molar-refractivity contribution in [2.24, 2.45) is 0 Å². The molecule has 4 heteroatoms. The highest BCUT2D eigenvalue weighted by Gasteiger charge is 1.99. The van der Waals surface area contributed by atoms with Gasteiger partial charge in [0.1, 0.15) is 6.61 Å². The molecule has 0 saturated carbocycles. The number of rotatable bonds is 3. The van der Waals surface area contributed by atoms with Crippen LogP contribution in [0.25, 0.3) is 0 Å². The third-order valence-electron chi connectivity index (χ3n) is 2.61. The topological polar surface area (TPSA) is 38.3 Å². The lowest BCUT2D eigenvalue weighted by Crippen LogP contribution is -2.24. The van der Waals surface area contributed by atoms with E-state index in [9.17, 15) is 4.79 Å². The zero-order valence-electron chi connectivity index (χ0n) is 11.3. The van der Waals surface area contributed by atoms with Crippen molar-refractivity contribution < 1.29 is 9.53 Å². The summed E-state index contributed by atoms with van der Waals surface area (Å²) < 4.78 is 6.08. The van der Waals surface area contributed by atoms with Gasteiger partial charge in [-0.25, -0.2) is 4.79 Å². The van der Waals surface area contributed by atoms with Gasteiger partial charge in [-0.05, 0) is 29.8 Å². The molecule has 0 radical (unpaired) electrons. The summed E-state index contributed by atoms with van der Waals surface area (Å²) in [4.78, 5) is 11.5. The maximum absolute atomic E-state index is 11.5. The summed E-state index contributed by atoms with van der Waals surface area (Å²) in [6, 6.07) is 17.2. The van der Waals surface area contributed by atoms with Gasteiger partial charge in [0.05, 0.1) is 6.54 Å². The van der Waals surface area contributed by atoms with E-state index in [1.165, 1.54) is 0 Å². The first-order valence-corrected chi connectivity index (χ1v) is 7.22. The van der Waals surface area contributed by atoms with Crippen molar-refractivity contribution in [3.05, 3.63) is 70.2 Å². The van der Waals surface area contributed by atoms with Crippen LogP contribution in [0, 0.1) is 11.8 Å². The van der Waals surface area contributed by atoms with Crippen LogP contribution in [-0.4, -0.2) is 12.6 Å². The van der Waals surface area contributed by atoms with Gasteiger partial charge in [0.2, 0.25) is 0 Å². The van der Waals surface area contributed by atoms with Gasteiger partial charge in [-0.2, -0.15) is 0 Å². The molecule has 3 nitrogen and oxygen atoms in total. The van der Waals surface area contributed by atoms with Crippen molar-refractivity contribution in [2.45, 2.75) is 6.61 Å². The smallest absolute Gasteiger partial charge is 0.408 e. The highest BCUT2D eigenvalue weighted by atomic mass is 79.9. The SMILES string of the molecule is O=C(NCC#Cc1ccc(Br)cc1)OCc1ccccc1. The van der Waals surface area contributed by atoms with Crippen LogP contribution in [0.3, 0.4) is 0 Å². The first-order valence-electron chi connectivity index (χ1n) is 6.43. The Labute approximate surface area is 132 Å². The highest BCUT2D eigenvalue weighted by Crippen LogP contribution is 2.09. The molecule has 0 atom stereocenters. The second kappa shape index (κ2) is 8.13. The normalized spacial score (nSPS) is 9.38. The summed E-state index contributed by atoms with van der Waals surface area (Å²) >= 11 is 3.36. The standard InChI is InChI=1S/C17H14BrNO2/c18-16-10-8-14(9-11-16)7-4-12-19-17(20)21-13-15-5-2-1-3-6-15/h1-3,5-6,8-11H,12-13H2,(H,19,20). The van der Waals surface area contributed by atoms with Gasteiger partial charge in [-0.15, -0.1) is 0 Å². The number of benzene rings is 2. The minimum Gasteiger partial charge on any atom is -0.445 e. The van der Waals surface area contributed by atoms with Crippen molar-refractivity contribution in [1.82, 2.24) is 5.32 Å². The van der Waals surface area contributed by atoms with Crippen LogP contribution >= 0.6 is 15.9 Å². The molecule has 2 aromatic rings. The quantitative estimate of drug-likeness (QED) is 0.862. The summed E-state index contributed by atoms with van der Waals surface area (Å²) in [5.41, 5.74) is 1.85. The van der Waals surface area contributed by atoms with Crippen LogP contribution in [-0.2, 0) is 11.3 Å². The Kier molecular flexibility index (Phi) is 5.86. The molecule has 2 rings (SSSR count). The van der Waals surface area contributed by atoms with E-state index in [1.807, 2.05) is 54.6 Å². The van der Waals surface area contributed by atoms with Gasteiger partial charge in [0, 0.05) is 10.0 Å². The molecule has 21 heavy (non-hydrogen) atoms. The highest BCUT2D eigenvalue weighted by molar-refractivity contribution is 9.10. The first-order chi connectivity index (χ1) is 10.2. The third kappa shape index (κ3) is 5.72. The number of hydrogen-bond donors (Lipinski definition) is 1. The first kappa shape index (κ1) is 15.1. The summed E-state index contributed by atoms with van der Waals surface area (Å²) in [5, 5.41) is 2.59. The Morgan fingerprint density at radius 1 is 1.10 bits per heavy atom. The number of carbonyl (C=O) groups is 1. The summed E-state index contributed by atoms with van der Waals surface area (Å²) in [6.45, 7) is 0.510. The average molecular weight is 344 g/mol. The molecule has 0 saturated heterocycles. The van der Waals surface area contributed by atoms with Gasteiger partial charge in [0.25, 0.3) is 0 Å². The average Bonchev–Trinajstić information content (AvgIpc) is 2.52. The van der Waals surface area contributed by atoms with Crippen molar-refractivity contribution in [1.29, 1.82) is 0 Å². The molecule has 0 aromatic heterocycles. The van der Waals surface area contributed by atoms with Gasteiger partial charge >= 0.3 is 6.09 Å². The lowest BCUT2D eigenvalue weighted by Gasteiger charge is -2.04. The zero-order valence-corrected chi connectivity index (χ0v) is 12.9. The van der Waals surface area contributed by atoms with E-state index in [1.54, 1.807) is 0 Å². The lowest BCUT2D eigenvalue weighted by atomic mass is 10.2. The maximum Gasteiger partial charge on any atom is 0.408 e. The third-order valence-corrected chi connectivity index (χ3v) is 3.14. The monoisotopic (exact) mass is 343 g/mol. The van der Waals surface area contributed by atoms with Crippen molar-refractivity contribution in [3.63, 3.8) is 0 Å². The largest absolute Gasteiger partial charge is 0.445 e. The molecule has 1 N–H and O–H groups in total. The van der Waals surface area contributed by atoms with Crippen molar-refractivity contribution in [3.8, 4) is 11.8 Å². The number of carbonyl (C=O) groups excluding carboxylic acids is 1. The van der Waals surface area contributed by atoms with Gasteiger partial charge in [-0.1, -0.05) is 58.1 Å². The molecule has 0 spiro atoms. The van der Waals surface area contributed by atoms with Crippen LogP contribution < -0.4 is 5.32 Å². The molecule has 0 fully saturated rings. The minimum absolute atomic E-state index is 0.254. The number of amides is 1. The molecular formula is C17H14BrNO2. The molecule has 106 valence electrons. The van der Waals surface area contributed by atoms with Crippen LogP contribution in [0.5, 0.6) is 0 Å². The Hall–Kier alpha value is -2.25. The van der Waals surface area contributed by atoms with Gasteiger partial charge in [-0.3, -0.25) is 0 Å². The van der Waals surface area contributed by atoms with E-state index in [0.29, 0.717) is 0 Å². The minimum atomic E-state index is -0.469. The Balaban J connectivity index is 1.71. The van der Waals surface area contributed by atoms with Crippen LogP contribution in [0.4, 0.5) is 4.79 Å². The Morgan fingerprint density at radius 3 is 2.52 bits per heavy atom. The molecule has 1 amide bonds. The number of nitrogens with one attached hydrogen (secondary N) is 1. The fourth-order valence-corrected chi connectivity index (χ4v) is 1.83. The number of hydrogen-bond acceptors (Lipinski definition) is 2. The molecule has 2 aromatic carbocycles. The molecule has 0 aliphatic rings. The van der Waals surface area contributed by atoms with Crippen molar-refractivity contribution in [2.75, 3.05) is 6.54 Å². The fourth-order valence-electron chi connectivity index (χ4n) is 1.57. The summed E-state index contributed by atoms with van der Waals surface area (Å²) in [6.07, 6.45) is -0.469. The van der Waals surface area contributed by atoms with E-state index in [-0.39, 0.29) is 13.2 Å². The summed E-state index contributed by atoms with van der Waals surface area (Å²) in [7, 11) is 0. The van der Waals surface area contributed by atoms with E-state index < -0.39 is 6.09 Å². The predicted molar refractivity (Wildman–Crippen MR) is 85.6 cm³/mol. The van der Waals surface area contributed by atoms with Crippen molar-refractivity contribution >= 4 is 22.0 Å². The molecule has 0 aliphatic carbocycles. The van der Waals surface area contributed by atoms with E-state index in [2.05, 4.69) is 33.1 Å². The molecule has 0 unspecified atom stereocenters. The maximum atomic E-state index is 11.5. The Morgan fingerprint density at radius 2 is 1.81 bits per heavy atom. The Bertz CT molecular complexity index is 642. The second-order valence-corrected chi connectivity index (χ2v) is 5.14. The molecule has 0 aliphatic heterocycles. The number of ether oxygens (including phenoxy) is 1. The van der Waals surface area contributed by atoms with Crippen LogP contribution in [0.1, 0.15) is 11.1 Å². The van der Waals surface area contributed by atoms with Crippen LogP contribution in [0.15, 0.2) is 59.1 Å². The van der Waals surface area contributed by atoms with E-state index >= 15 is 0 Å².